The van der Waals surface area contributed by atoms with Crippen LogP contribution in [0, 0.1) is 6.92 Å². The van der Waals surface area contributed by atoms with Crippen molar-refractivity contribution >= 4 is 11.9 Å². The molecule has 0 aliphatic rings. The van der Waals surface area contributed by atoms with Crippen molar-refractivity contribution in [2.75, 3.05) is 7.11 Å². The maximum absolute atomic E-state index is 12.7. The van der Waals surface area contributed by atoms with Crippen LogP contribution >= 0.6 is 0 Å². The van der Waals surface area contributed by atoms with Crippen molar-refractivity contribution in [1.29, 1.82) is 0 Å². The molecule has 28 heavy (non-hydrogen) atoms. The third kappa shape index (κ3) is 4.86. The Morgan fingerprint density at radius 3 is 2.21 bits per heavy atom. The van der Waals surface area contributed by atoms with Crippen LogP contribution in [0.1, 0.15) is 21.5 Å². The first-order valence-corrected chi connectivity index (χ1v) is 9.16. The van der Waals surface area contributed by atoms with Crippen LogP contribution in [-0.2, 0) is 16.0 Å². The van der Waals surface area contributed by atoms with Gasteiger partial charge in [-0.1, -0.05) is 72.3 Å². The molecule has 0 aliphatic heterocycles. The molecule has 0 aromatic heterocycles. The minimum Gasteiger partial charge on any atom is -0.467 e. The van der Waals surface area contributed by atoms with E-state index in [2.05, 4.69) is 5.32 Å². The number of carbonyl (C=O) groups excluding carboxylic acids is 2. The number of carbonyl (C=O) groups is 2. The molecule has 0 bridgehead atoms. The molecule has 4 nitrogen and oxygen atoms in total. The summed E-state index contributed by atoms with van der Waals surface area (Å²) in [6, 6.07) is 24.4. The van der Waals surface area contributed by atoms with E-state index < -0.39 is 12.0 Å². The molecular formula is C24H23NO3. The van der Waals surface area contributed by atoms with Crippen LogP contribution in [0.2, 0.25) is 0 Å². The van der Waals surface area contributed by atoms with Crippen molar-refractivity contribution in [3.63, 3.8) is 0 Å². The molecule has 4 heteroatoms. The van der Waals surface area contributed by atoms with E-state index in [0.29, 0.717) is 12.0 Å². The van der Waals surface area contributed by atoms with Crippen LogP contribution in [0.5, 0.6) is 0 Å². The lowest BCUT2D eigenvalue weighted by molar-refractivity contribution is -0.142. The summed E-state index contributed by atoms with van der Waals surface area (Å²) in [6.07, 6.45) is 0.377. The number of ether oxygens (including phenoxy) is 1. The molecule has 0 aliphatic carbocycles. The van der Waals surface area contributed by atoms with E-state index in [-0.39, 0.29) is 5.91 Å². The second-order valence-corrected chi connectivity index (χ2v) is 6.69. The van der Waals surface area contributed by atoms with Crippen LogP contribution < -0.4 is 5.32 Å². The minimum absolute atomic E-state index is 0.303. The summed E-state index contributed by atoms with van der Waals surface area (Å²) in [5.74, 6) is -0.765. The molecule has 0 fully saturated rings. The highest BCUT2D eigenvalue weighted by Gasteiger charge is 2.22. The average Bonchev–Trinajstić information content (AvgIpc) is 2.73. The summed E-state index contributed by atoms with van der Waals surface area (Å²) in [4.78, 5) is 24.8. The average molecular weight is 373 g/mol. The number of benzene rings is 3. The predicted molar refractivity (Wildman–Crippen MR) is 110 cm³/mol. The number of rotatable bonds is 6. The van der Waals surface area contributed by atoms with E-state index in [1.54, 1.807) is 12.1 Å². The number of hydrogen-bond acceptors (Lipinski definition) is 3. The first-order chi connectivity index (χ1) is 13.6. The quantitative estimate of drug-likeness (QED) is 0.660. The van der Waals surface area contributed by atoms with Gasteiger partial charge in [-0.15, -0.1) is 0 Å². The third-order valence-corrected chi connectivity index (χ3v) is 4.57. The molecule has 1 N–H and O–H groups in total. The van der Waals surface area contributed by atoms with Gasteiger partial charge in [-0.05, 0) is 35.7 Å². The molecule has 3 aromatic rings. The summed E-state index contributed by atoms with van der Waals surface area (Å²) >= 11 is 0. The van der Waals surface area contributed by atoms with Gasteiger partial charge in [-0.2, -0.15) is 0 Å². The maximum atomic E-state index is 12.7. The molecule has 1 atom stereocenters. The highest BCUT2D eigenvalue weighted by atomic mass is 16.5. The molecule has 0 saturated heterocycles. The van der Waals surface area contributed by atoms with E-state index in [9.17, 15) is 9.59 Å². The van der Waals surface area contributed by atoms with Crippen molar-refractivity contribution in [1.82, 2.24) is 5.32 Å². The highest BCUT2D eigenvalue weighted by molar-refractivity contribution is 5.97. The first-order valence-electron chi connectivity index (χ1n) is 9.16. The summed E-state index contributed by atoms with van der Waals surface area (Å²) in [5, 5.41) is 2.80. The van der Waals surface area contributed by atoms with Crippen LogP contribution in [0.4, 0.5) is 0 Å². The van der Waals surface area contributed by atoms with Crippen molar-refractivity contribution in [3.05, 3.63) is 95.6 Å². The topological polar surface area (TPSA) is 55.4 Å². The number of aryl methyl sites for hydroxylation is 1. The van der Waals surface area contributed by atoms with Crippen molar-refractivity contribution in [2.45, 2.75) is 19.4 Å². The molecule has 3 aromatic carbocycles. The Hall–Kier alpha value is -3.40. The third-order valence-electron chi connectivity index (χ3n) is 4.57. The van der Waals surface area contributed by atoms with Gasteiger partial charge >= 0.3 is 5.97 Å². The molecular weight excluding hydrogens is 350 g/mol. The van der Waals surface area contributed by atoms with Gasteiger partial charge in [0, 0.05) is 12.0 Å². The lowest BCUT2D eigenvalue weighted by Gasteiger charge is -2.17. The van der Waals surface area contributed by atoms with Gasteiger partial charge in [0.05, 0.1) is 7.11 Å². The van der Waals surface area contributed by atoms with Crippen molar-refractivity contribution in [3.8, 4) is 11.1 Å². The summed E-state index contributed by atoms with van der Waals surface area (Å²) in [6.45, 7) is 1.99. The summed E-state index contributed by atoms with van der Waals surface area (Å²) in [5.41, 5.74) is 4.68. The Kier molecular flexibility index (Phi) is 6.22. The zero-order chi connectivity index (χ0) is 19.9. The van der Waals surface area contributed by atoms with Crippen molar-refractivity contribution in [2.24, 2.45) is 0 Å². The number of nitrogens with one attached hydrogen (secondary N) is 1. The second kappa shape index (κ2) is 9.00. The Labute approximate surface area is 165 Å². The molecule has 0 radical (unpaired) electrons. The fourth-order valence-corrected chi connectivity index (χ4v) is 3.10. The Balaban J connectivity index is 1.73. The normalized spacial score (nSPS) is 11.5. The van der Waals surface area contributed by atoms with Gasteiger partial charge < -0.3 is 10.1 Å². The molecule has 0 saturated carbocycles. The zero-order valence-corrected chi connectivity index (χ0v) is 16.0. The fourth-order valence-electron chi connectivity index (χ4n) is 3.10. The summed E-state index contributed by atoms with van der Waals surface area (Å²) < 4.78 is 4.87. The molecule has 1 amide bonds. The smallest absolute Gasteiger partial charge is 0.328 e. The minimum atomic E-state index is -0.743. The van der Waals surface area contributed by atoms with Crippen LogP contribution in [0.25, 0.3) is 11.1 Å². The first kappa shape index (κ1) is 19.4. The predicted octanol–water partition coefficient (Wildman–Crippen LogP) is 4.18. The van der Waals surface area contributed by atoms with E-state index >= 15 is 0 Å². The van der Waals surface area contributed by atoms with Gasteiger partial charge in [0.15, 0.2) is 0 Å². The largest absolute Gasteiger partial charge is 0.467 e. The van der Waals surface area contributed by atoms with E-state index in [4.69, 9.17) is 4.74 Å². The van der Waals surface area contributed by atoms with E-state index in [0.717, 1.165) is 22.3 Å². The Bertz CT molecular complexity index is 949. The number of methoxy groups -OCH3 is 1. The number of hydrogen-bond donors (Lipinski definition) is 1. The Morgan fingerprint density at radius 2 is 1.57 bits per heavy atom. The van der Waals surface area contributed by atoms with Crippen LogP contribution in [0.3, 0.4) is 0 Å². The van der Waals surface area contributed by atoms with E-state index in [1.165, 1.54) is 7.11 Å². The molecule has 0 unspecified atom stereocenters. The standard InChI is InChI=1S/C24H23NO3/c1-17-7-6-8-18(15-17)16-22(24(27)28-2)25-23(26)21-13-11-20(12-14-21)19-9-4-3-5-10-19/h3-15,22H,16H2,1-2H3,(H,25,26)/t22-/m0/s1. The molecule has 0 spiro atoms. The molecule has 3 rings (SSSR count). The van der Waals surface area contributed by atoms with E-state index in [1.807, 2.05) is 73.7 Å². The SMILES string of the molecule is COC(=O)[C@H](Cc1cccc(C)c1)NC(=O)c1ccc(-c2ccccc2)cc1. The highest BCUT2D eigenvalue weighted by Crippen LogP contribution is 2.19. The number of esters is 1. The monoisotopic (exact) mass is 373 g/mol. The van der Waals surface area contributed by atoms with Crippen molar-refractivity contribution < 1.29 is 14.3 Å². The van der Waals surface area contributed by atoms with Gasteiger partial charge in [-0.25, -0.2) is 4.79 Å². The lowest BCUT2D eigenvalue weighted by atomic mass is 10.0. The second-order valence-electron chi connectivity index (χ2n) is 6.69. The molecule has 0 heterocycles. The summed E-state index contributed by atoms with van der Waals surface area (Å²) in [7, 11) is 1.33. The lowest BCUT2D eigenvalue weighted by Crippen LogP contribution is -2.43. The van der Waals surface area contributed by atoms with Crippen LogP contribution in [0.15, 0.2) is 78.9 Å². The van der Waals surface area contributed by atoms with Crippen LogP contribution in [-0.4, -0.2) is 25.0 Å². The van der Waals surface area contributed by atoms with Gasteiger partial charge in [-0.3, -0.25) is 4.79 Å². The molecule has 142 valence electrons. The van der Waals surface area contributed by atoms with Gasteiger partial charge in [0.25, 0.3) is 5.91 Å². The zero-order valence-electron chi connectivity index (χ0n) is 16.0. The maximum Gasteiger partial charge on any atom is 0.328 e. The Morgan fingerprint density at radius 1 is 0.893 bits per heavy atom. The van der Waals surface area contributed by atoms with Gasteiger partial charge in [0.1, 0.15) is 6.04 Å². The van der Waals surface area contributed by atoms with Gasteiger partial charge in [0.2, 0.25) is 0 Å². The fraction of sp³-hybridized carbons (Fsp3) is 0.167. The number of amides is 1.